The molecule has 3 rings (SSSR count). The van der Waals surface area contributed by atoms with Gasteiger partial charge in [0.15, 0.2) is 0 Å². The van der Waals surface area contributed by atoms with Gasteiger partial charge in [-0.05, 0) is 49.2 Å². The quantitative estimate of drug-likeness (QED) is 0.458. The minimum absolute atomic E-state index is 0.0848. The number of fused-ring (bicyclic) bond motifs is 1. The second-order valence-corrected chi connectivity index (χ2v) is 11.3. The molecule has 1 aliphatic heterocycles. The normalized spacial score (nSPS) is 14.0. The summed E-state index contributed by atoms with van der Waals surface area (Å²) in [5.74, 6) is -0.384. The van der Waals surface area contributed by atoms with Crippen molar-refractivity contribution in [1.29, 1.82) is 5.26 Å². The van der Waals surface area contributed by atoms with Crippen LogP contribution in [-0.2, 0) is 32.5 Å². The Kier molecular flexibility index (Phi) is 9.80. The van der Waals surface area contributed by atoms with E-state index in [1.807, 2.05) is 0 Å². The highest BCUT2D eigenvalue weighted by Crippen LogP contribution is 2.37. The number of hydrogen-bond acceptors (Lipinski definition) is 8. The molecule has 1 amide bonds. The lowest BCUT2D eigenvalue weighted by atomic mass is 10.0. The number of sulfonamides is 1. The predicted octanol–water partition coefficient (Wildman–Crippen LogP) is 2.92. The molecule has 1 aromatic carbocycles. The maximum Gasteiger partial charge on any atom is 0.256 e. The van der Waals surface area contributed by atoms with Gasteiger partial charge in [0.1, 0.15) is 11.1 Å². The van der Waals surface area contributed by atoms with E-state index in [1.54, 1.807) is 0 Å². The molecule has 0 unspecified atom stereocenters. The number of nitriles is 1. The highest BCUT2D eigenvalue weighted by atomic mass is 32.2. The highest BCUT2D eigenvalue weighted by Gasteiger charge is 2.26. The molecule has 11 heteroatoms. The topological polar surface area (TPSA) is 112 Å². The maximum absolute atomic E-state index is 13.1. The third-order valence-corrected chi connectivity index (χ3v) is 8.90. The van der Waals surface area contributed by atoms with Crippen LogP contribution in [0.5, 0.6) is 0 Å². The molecular weight excluding hydrogens is 488 g/mol. The average Bonchev–Trinajstić information content (AvgIpc) is 3.20. The van der Waals surface area contributed by atoms with Crippen LogP contribution in [0.2, 0.25) is 0 Å². The van der Waals surface area contributed by atoms with Gasteiger partial charge < -0.3 is 14.8 Å². The van der Waals surface area contributed by atoms with Gasteiger partial charge in [0.2, 0.25) is 10.0 Å². The van der Waals surface area contributed by atoms with E-state index >= 15 is 0 Å². The van der Waals surface area contributed by atoms with Gasteiger partial charge in [-0.25, -0.2) is 8.42 Å². The number of nitrogens with zero attached hydrogens (tertiary/aromatic N) is 3. The molecule has 0 saturated carbocycles. The fourth-order valence-electron chi connectivity index (χ4n) is 4.01. The number of thiophene rings is 1. The first-order valence-corrected chi connectivity index (χ1v) is 13.8. The Labute approximate surface area is 211 Å². The first-order chi connectivity index (χ1) is 16.8. The standard InChI is InChI=1S/C24H32N4O5S2/c1-4-10-27-11-9-20-21(16-25)24(34-22(20)17-27)26-23(29)18-5-7-19(8-6-18)35(30,31)28(12-14-32-2)13-15-33-3/h5-8H,4,9-15,17H2,1-3H3,(H,26,29). The van der Waals surface area contributed by atoms with Crippen LogP contribution in [0.25, 0.3) is 0 Å². The van der Waals surface area contributed by atoms with Gasteiger partial charge in [-0.2, -0.15) is 9.57 Å². The molecule has 2 heterocycles. The van der Waals surface area contributed by atoms with E-state index in [0.717, 1.165) is 42.9 Å². The molecule has 0 aliphatic carbocycles. The Morgan fingerprint density at radius 1 is 1.20 bits per heavy atom. The fourth-order valence-corrected chi connectivity index (χ4v) is 6.65. The molecule has 0 atom stereocenters. The summed E-state index contributed by atoms with van der Waals surface area (Å²) >= 11 is 1.44. The zero-order chi connectivity index (χ0) is 25.4. The average molecular weight is 521 g/mol. The Morgan fingerprint density at radius 2 is 1.86 bits per heavy atom. The molecule has 1 N–H and O–H groups in total. The van der Waals surface area contributed by atoms with Crippen molar-refractivity contribution < 1.29 is 22.7 Å². The minimum Gasteiger partial charge on any atom is -0.383 e. The summed E-state index contributed by atoms with van der Waals surface area (Å²) in [6.45, 7) is 5.74. The van der Waals surface area contributed by atoms with Gasteiger partial charge in [-0.3, -0.25) is 9.69 Å². The third-order valence-electron chi connectivity index (χ3n) is 5.86. The van der Waals surface area contributed by atoms with Crippen LogP contribution in [0.15, 0.2) is 29.2 Å². The molecule has 2 aromatic rings. The highest BCUT2D eigenvalue weighted by molar-refractivity contribution is 7.89. The number of nitrogens with one attached hydrogen (secondary N) is 1. The number of hydrogen-bond donors (Lipinski definition) is 1. The number of ether oxygens (including phenoxy) is 2. The van der Waals surface area contributed by atoms with E-state index in [-0.39, 0.29) is 37.1 Å². The summed E-state index contributed by atoms with van der Waals surface area (Å²) < 4.78 is 37.5. The summed E-state index contributed by atoms with van der Waals surface area (Å²) in [7, 11) is -0.751. The van der Waals surface area contributed by atoms with Gasteiger partial charge in [0, 0.05) is 50.8 Å². The Morgan fingerprint density at radius 3 is 2.43 bits per heavy atom. The van der Waals surface area contributed by atoms with Crippen molar-refractivity contribution in [2.45, 2.75) is 31.2 Å². The van der Waals surface area contributed by atoms with Crippen LogP contribution >= 0.6 is 11.3 Å². The number of methoxy groups -OCH3 is 2. The molecule has 0 fully saturated rings. The van der Waals surface area contributed by atoms with E-state index in [2.05, 4.69) is 23.2 Å². The van der Waals surface area contributed by atoms with Crippen molar-refractivity contribution in [2.75, 3.05) is 58.9 Å². The van der Waals surface area contributed by atoms with Crippen molar-refractivity contribution in [3.8, 4) is 6.07 Å². The van der Waals surface area contributed by atoms with Gasteiger partial charge in [-0.1, -0.05) is 6.92 Å². The van der Waals surface area contributed by atoms with E-state index < -0.39 is 10.0 Å². The van der Waals surface area contributed by atoms with Crippen molar-refractivity contribution in [3.05, 3.63) is 45.8 Å². The van der Waals surface area contributed by atoms with Crippen molar-refractivity contribution in [3.63, 3.8) is 0 Å². The van der Waals surface area contributed by atoms with Crippen LogP contribution in [0, 0.1) is 11.3 Å². The molecule has 0 radical (unpaired) electrons. The monoisotopic (exact) mass is 520 g/mol. The summed E-state index contributed by atoms with van der Waals surface area (Å²) in [4.78, 5) is 16.5. The molecule has 35 heavy (non-hydrogen) atoms. The number of carbonyl (C=O) groups is 1. The lowest BCUT2D eigenvalue weighted by Gasteiger charge is -2.26. The van der Waals surface area contributed by atoms with Crippen molar-refractivity contribution in [1.82, 2.24) is 9.21 Å². The molecule has 0 bridgehead atoms. The first-order valence-electron chi connectivity index (χ1n) is 11.5. The number of benzene rings is 1. The molecule has 0 saturated heterocycles. The molecule has 1 aromatic heterocycles. The molecule has 1 aliphatic rings. The molecule has 0 spiro atoms. The number of rotatable bonds is 12. The van der Waals surface area contributed by atoms with E-state index in [4.69, 9.17) is 9.47 Å². The Hall–Kier alpha value is -2.33. The first kappa shape index (κ1) is 27.3. The molecule has 190 valence electrons. The van der Waals surface area contributed by atoms with Crippen LogP contribution in [0.3, 0.4) is 0 Å². The van der Waals surface area contributed by atoms with Gasteiger partial charge in [0.25, 0.3) is 5.91 Å². The maximum atomic E-state index is 13.1. The molecular formula is C24H32N4O5S2. The largest absolute Gasteiger partial charge is 0.383 e. The number of anilines is 1. The zero-order valence-corrected chi connectivity index (χ0v) is 22.0. The van der Waals surface area contributed by atoms with Gasteiger partial charge in [0.05, 0.1) is 23.7 Å². The van der Waals surface area contributed by atoms with E-state index in [9.17, 15) is 18.5 Å². The SMILES string of the molecule is CCCN1CCc2c(sc(NC(=O)c3ccc(S(=O)(=O)N(CCOC)CCOC)cc3)c2C#N)C1. The number of amides is 1. The third kappa shape index (κ3) is 6.46. The molecule has 9 nitrogen and oxygen atoms in total. The van der Waals surface area contributed by atoms with Crippen LogP contribution in [0.4, 0.5) is 5.00 Å². The van der Waals surface area contributed by atoms with Crippen LogP contribution < -0.4 is 5.32 Å². The second kappa shape index (κ2) is 12.6. The minimum atomic E-state index is -3.77. The Balaban J connectivity index is 1.76. The van der Waals surface area contributed by atoms with Gasteiger partial charge in [-0.15, -0.1) is 11.3 Å². The fraction of sp³-hybridized carbons (Fsp3) is 0.500. The zero-order valence-electron chi connectivity index (χ0n) is 20.4. The van der Waals surface area contributed by atoms with Crippen molar-refractivity contribution >= 4 is 32.3 Å². The summed E-state index contributed by atoms with van der Waals surface area (Å²) in [6.07, 6.45) is 1.86. The second-order valence-electron chi connectivity index (χ2n) is 8.21. The summed E-state index contributed by atoms with van der Waals surface area (Å²) in [6, 6.07) is 8.06. The lowest BCUT2D eigenvalue weighted by molar-refractivity contribution is 0.102. The number of carbonyl (C=O) groups excluding carboxylic acids is 1. The predicted molar refractivity (Wildman–Crippen MR) is 135 cm³/mol. The van der Waals surface area contributed by atoms with E-state index in [1.165, 1.54) is 54.1 Å². The summed E-state index contributed by atoms with van der Waals surface area (Å²) in [5, 5.41) is 13.1. The smallest absolute Gasteiger partial charge is 0.256 e. The summed E-state index contributed by atoms with van der Waals surface area (Å²) in [5.41, 5.74) is 1.86. The van der Waals surface area contributed by atoms with Gasteiger partial charge >= 0.3 is 0 Å². The van der Waals surface area contributed by atoms with Crippen LogP contribution in [-0.4, -0.2) is 77.1 Å². The van der Waals surface area contributed by atoms with E-state index in [0.29, 0.717) is 16.1 Å². The Bertz CT molecular complexity index is 1150. The van der Waals surface area contributed by atoms with Crippen molar-refractivity contribution in [2.24, 2.45) is 0 Å². The lowest BCUT2D eigenvalue weighted by Crippen LogP contribution is -2.36. The van der Waals surface area contributed by atoms with Crippen LogP contribution in [0.1, 0.15) is 39.7 Å².